The van der Waals surface area contributed by atoms with Crippen molar-refractivity contribution in [1.82, 2.24) is 9.88 Å². The Bertz CT molecular complexity index is 473. The Kier molecular flexibility index (Phi) is 3.90. The zero-order valence-electron chi connectivity index (χ0n) is 10.2. The minimum atomic E-state index is -4.40. The van der Waals surface area contributed by atoms with Gasteiger partial charge in [0.25, 0.3) is 0 Å². The molecule has 7 heteroatoms. The molecule has 2 rings (SSSR count). The van der Waals surface area contributed by atoms with Crippen molar-refractivity contribution in [2.75, 3.05) is 37.6 Å². The molecule has 0 radical (unpaired) electrons. The molecule has 0 N–H and O–H groups in total. The highest BCUT2D eigenvalue weighted by atomic mass is 19.4. The van der Waals surface area contributed by atoms with Crippen LogP contribution in [0.2, 0.25) is 0 Å². The highest BCUT2D eigenvalue weighted by Gasteiger charge is 2.36. The highest BCUT2D eigenvalue weighted by Crippen LogP contribution is 2.35. The molecule has 0 aromatic carbocycles. The Morgan fingerprint density at radius 1 is 1.26 bits per heavy atom. The molecule has 1 aromatic rings. The Hall–Kier alpha value is -1.81. The largest absolute Gasteiger partial charge is 0.419 e. The normalized spacial score (nSPS) is 17.3. The van der Waals surface area contributed by atoms with Crippen molar-refractivity contribution in [2.24, 2.45) is 0 Å². The second-order valence-electron chi connectivity index (χ2n) is 4.29. The summed E-state index contributed by atoms with van der Waals surface area (Å²) in [6.07, 6.45) is -3.03. The van der Waals surface area contributed by atoms with Gasteiger partial charge in [0.2, 0.25) is 0 Å². The molecule has 19 heavy (non-hydrogen) atoms. The lowest BCUT2D eigenvalue weighted by atomic mass is 10.2. The molecule has 1 aliphatic rings. The van der Waals surface area contributed by atoms with E-state index in [1.807, 2.05) is 11.0 Å². The summed E-state index contributed by atoms with van der Waals surface area (Å²) in [5.41, 5.74) is -0.705. The SMILES string of the molecule is N#CCN1CCN(c2ncccc2C(F)(F)F)CC1. The van der Waals surface area contributed by atoms with Crippen LogP contribution in [0.4, 0.5) is 19.0 Å². The standard InChI is InChI=1S/C12H13F3N4/c13-12(14,15)10-2-1-4-17-11(10)19-8-6-18(5-3-16)7-9-19/h1-2,4H,5-9H2. The van der Waals surface area contributed by atoms with Crippen molar-refractivity contribution in [3.8, 4) is 6.07 Å². The molecule has 1 aliphatic heterocycles. The minimum absolute atomic E-state index is 0.0217. The fourth-order valence-electron chi connectivity index (χ4n) is 2.09. The summed E-state index contributed by atoms with van der Waals surface area (Å²) in [5.74, 6) is -0.0217. The number of hydrogen-bond donors (Lipinski definition) is 0. The topological polar surface area (TPSA) is 43.2 Å². The molecule has 1 saturated heterocycles. The van der Waals surface area contributed by atoms with Crippen molar-refractivity contribution in [3.63, 3.8) is 0 Å². The molecule has 0 atom stereocenters. The van der Waals surface area contributed by atoms with Gasteiger partial charge >= 0.3 is 6.18 Å². The Morgan fingerprint density at radius 2 is 1.95 bits per heavy atom. The van der Waals surface area contributed by atoms with Crippen LogP contribution in [0, 0.1) is 11.3 Å². The van der Waals surface area contributed by atoms with Crippen molar-refractivity contribution in [2.45, 2.75) is 6.18 Å². The van der Waals surface area contributed by atoms with E-state index in [1.54, 1.807) is 4.90 Å². The summed E-state index contributed by atoms with van der Waals surface area (Å²) in [6, 6.07) is 4.37. The number of alkyl halides is 3. The van der Waals surface area contributed by atoms with Gasteiger partial charge in [0, 0.05) is 32.4 Å². The molecule has 4 nitrogen and oxygen atoms in total. The molecule has 0 bridgehead atoms. The molecule has 0 amide bonds. The Morgan fingerprint density at radius 3 is 2.53 bits per heavy atom. The summed E-state index contributed by atoms with van der Waals surface area (Å²) in [5, 5.41) is 8.59. The van der Waals surface area contributed by atoms with Crippen LogP contribution < -0.4 is 4.90 Å². The van der Waals surface area contributed by atoms with Crippen LogP contribution in [-0.4, -0.2) is 42.6 Å². The molecule has 0 saturated carbocycles. The van der Waals surface area contributed by atoms with Crippen molar-refractivity contribution in [1.29, 1.82) is 5.26 Å². The maximum absolute atomic E-state index is 12.9. The number of nitriles is 1. The fraction of sp³-hybridized carbons (Fsp3) is 0.500. The number of aromatic nitrogens is 1. The minimum Gasteiger partial charge on any atom is -0.354 e. The number of hydrogen-bond acceptors (Lipinski definition) is 4. The van der Waals surface area contributed by atoms with Gasteiger partial charge in [-0.2, -0.15) is 18.4 Å². The number of rotatable bonds is 2. The van der Waals surface area contributed by atoms with E-state index >= 15 is 0 Å². The number of halogens is 3. The van der Waals surface area contributed by atoms with E-state index in [9.17, 15) is 13.2 Å². The number of piperazine rings is 1. The zero-order chi connectivity index (χ0) is 13.9. The monoisotopic (exact) mass is 270 g/mol. The predicted molar refractivity (Wildman–Crippen MR) is 63.5 cm³/mol. The van der Waals surface area contributed by atoms with Gasteiger partial charge < -0.3 is 4.90 Å². The van der Waals surface area contributed by atoms with Crippen LogP contribution in [0.25, 0.3) is 0 Å². The summed E-state index contributed by atoms with van der Waals surface area (Å²) in [6.45, 7) is 2.34. The quantitative estimate of drug-likeness (QED) is 0.768. The van der Waals surface area contributed by atoms with Gasteiger partial charge in [-0.1, -0.05) is 0 Å². The van der Waals surface area contributed by atoms with E-state index < -0.39 is 11.7 Å². The van der Waals surface area contributed by atoms with Gasteiger partial charge in [0.15, 0.2) is 0 Å². The molecule has 2 heterocycles. The van der Waals surface area contributed by atoms with Crippen LogP contribution in [0.3, 0.4) is 0 Å². The van der Waals surface area contributed by atoms with Crippen LogP contribution >= 0.6 is 0 Å². The fourth-order valence-corrected chi connectivity index (χ4v) is 2.09. The smallest absolute Gasteiger partial charge is 0.354 e. The molecule has 0 aliphatic carbocycles. The van der Waals surface area contributed by atoms with Crippen LogP contribution in [0.5, 0.6) is 0 Å². The summed E-state index contributed by atoms with van der Waals surface area (Å²) >= 11 is 0. The first kappa shape index (κ1) is 13.6. The maximum Gasteiger partial charge on any atom is 0.419 e. The summed E-state index contributed by atoms with van der Waals surface area (Å²) in [7, 11) is 0. The van der Waals surface area contributed by atoms with E-state index in [1.165, 1.54) is 12.3 Å². The maximum atomic E-state index is 12.9. The van der Waals surface area contributed by atoms with E-state index in [0.717, 1.165) is 6.07 Å². The first-order valence-corrected chi connectivity index (χ1v) is 5.89. The second kappa shape index (κ2) is 5.45. The van der Waals surface area contributed by atoms with E-state index in [4.69, 9.17) is 5.26 Å². The van der Waals surface area contributed by atoms with E-state index in [-0.39, 0.29) is 5.82 Å². The lowest BCUT2D eigenvalue weighted by molar-refractivity contribution is -0.137. The third-order valence-corrected chi connectivity index (χ3v) is 3.06. The molecule has 0 spiro atoms. The molecule has 1 aromatic heterocycles. The van der Waals surface area contributed by atoms with Crippen molar-refractivity contribution < 1.29 is 13.2 Å². The average Bonchev–Trinajstić information content (AvgIpc) is 2.39. The average molecular weight is 270 g/mol. The lowest BCUT2D eigenvalue weighted by Gasteiger charge is -2.35. The van der Waals surface area contributed by atoms with Gasteiger partial charge in [-0.05, 0) is 12.1 Å². The summed E-state index contributed by atoms with van der Waals surface area (Å²) < 4.78 is 38.6. The number of anilines is 1. The number of pyridine rings is 1. The number of nitrogens with zero attached hydrogens (tertiary/aromatic N) is 4. The summed E-state index contributed by atoms with van der Waals surface area (Å²) in [4.78, 5) is 7.39. The van der Waals surface area contributed by atoms with Crippen molar-refractivity contribution >= 4 is 5.82 Å². The Labute approximate surface area is 109 Å². The molecule has 1 fully saturated rings. The first-order chi connectivity index (χ1) is 9.02. The molecule has 0 unspecified atom stereocenters. The van der Waals surface area contributed by atoms with E-state index in [0.29, 0.717) is 32.7 Å². The van der Waals surface area contributed by atoms with Crippen LogP contribution in [0.15, 0.2) is 18.3 Å². The Balaban J connectivity index is 2.14. The van der Waals surface area contributed by atoms with Crippen molar-refractivity contribution in [3.05, 3.63) is 23.9 Å². The van der Waals surface area contributed by atoms with Gasteiger partial charge in [-0.3, -0.25) is 4.90 Å². The third kappa shape index (κ3) is 3.15. The highest BCUT2D eigenvalue weighted by molar-refractivity contribution is 5.48. The van der Waals surface area contributed by atoms with Gasteiger partial charge in [-0.15, -0.1) is 0 Å². The van der Waals surface area contributed by atoms with Gasteiger partial charge in [0.1, 0.15) is 5.82 Å². The predicted octanol–water partition coefficient (Wildman–Crippen LogP) is 1.75. The zero-order valence-corrected chi connectivity index (χ0v) is 10.2. The molecule has 102 valence electrons. The first-order valence-electron chi connectivity index (χ1n) is 5.89. The second-order valence-corrected chi connectivity index (χ2v) is 4.29. The van der Waals surface area contributed by atoms with Gasteiger partial charge in [0.05, 0.1) is 18.2 Å². The van der Waals surface area contributed by atoms with Crippen LogP contribution in [0.1, 0.15) is 5.56 Å². The molecular formula is C12H13F3N4. The molecular weight excluding hydrogens is 257 g/mol. The van der Waals surface area contributed by atoms with E-state index in [2.05, 4.69) is 4.98 Å². The van der Waals surface area contributed by atoms with Crippen LogP contribution in [-0.2, 0) is 6.18 Å². The third-order valence-electron chi connectivity index (χ3n) is 3.06. The van der Waals surface area contributed by atoms with Gasteiger partial charge in [-0.25, -0.2) is 4.98 Å². The lowest BCUT2D eigenvalue weighted by Crippen LogP contribution is -2.47.